The minimum absolute atomic E-state index is 0.129. The van der Waals surface area contributed by atoms with Gasteiger partial charge in [0.2, 0.25) is 11.8 Å². The quantitative estimate of drug-likeness (QED) is 0.756. The Labute approximate surface area is 150 Å². The topological polar surface area (TPSA) is 61.4 Å². The van der Waals surface area contributed by atoms with E-state index in [1.165, 1.54) is 18.4 Å². The lowest BCUT2D eigenvalue weighted by atomic mass is 10.0. The summed E-state index contributed by atoms with van der Waals surface area (Å²) in [5.74, 6) is 0.988. The highest BCUT2D eigenvalue weighted by Crippen LogP contribution is 2.27. The summed E-state index contributed by atoms with van der Waals surface area (Å²) < 4.78 is 0. The van der Waals surface area contributed by atoms with E-state index in [4.69, 9.17) is 0 Å². The summed E-state index contributed by atoms with van der Waals surface area (Å²) in [7, 11) is 0. The highest BCUT2D eigenvalue weighted by Gasteiger charge is 2.24. The molecular formula is C20H29N3O2. The Kier molecular flexibility index (Phi) is 6.45. The zero-order valence-corrected chi connectivity index (χ0v) is 14.9. The van der Waals surface area contributed by atoms with Gasteiger partial charge in [-0.2, -0.15) is 0 Å². The molecule has 0 unspecified atom stereocenters. The molecule has 0 aromatic heterocycles. The molecule has 0 bridgehead atoms. The zero-order chi connectivity index (χ0) is 17.5. The monoisotopic (exact) mass is 343 g/mol. The van der Waals surface area contributed by atoms with Gasteiger partial charge in [-0.15, -0.1) is 0 Å². The van der Waals surface area contributed by atoms with E-state index < -0.39 is 0 Å². The molecule has 1 heterocycles. The van der Waals surface area contributed by atoms with Gasteiger partial charge in [-0.1, -0.05) is 30.3 Å². The van der Waals surface area contributed by atoms with E-state index in [9.17, 15) is 9.59 Å². The lowest BCUT2D eigenvalue weighted by molar-refractivity contribution is -0.124. The third-order valence-electron chi connectivity index (χ3n) is 5.09. The highest BCUT2D eigenvalue weighted by atomic mass is 16.2. The molecule has 0 spiro atoms. The molecule has 2 N–H and O–H groups in total. The molecule has 2 aliphatic rings. The first-order valence-electron chi connectivity index (χ1n) is 9.51. The minimum atomic E-state index is 0.129. The lowest BCUT2D eigenvalue weighted by Gasteiger charge is -2.31. The van der Waals surface area contributed by atoms with Crippen molar-refractivity contribution in [3.8, 4) is 0 Å². The third-order valence-corrected chi connectivity index (χ3v) is 5.09. The van der Waals surface area contributed by atoms with Gasteiger partial charge >= 0.3 is 0 Å². The van der Waals surface area contributed by atoms with Gasteiger partial charge in [0.15, 0.2) is 0 Å². The van der Waals surface area contributed by atoms with Crippen LogP contribution in [0.1, 0.15) is 37.7 Å². The fourth-order valence-electron chi connectivity index (χ4n) is 3.28. The number of hydrogen-bond acceptors (Lipinski definition) is 3. The maximum Gasteiger partial charge on any atom is 0.234 e. The van der Waals surface area contributed by atoms with Gasteiger partial charge in [0.05, 0.1) is 6.54 Å². The van der Waals surface area contributed by atoms with Gasteiger partial charge in [-0.3, -0.25) is 14.5 Å². The van der Waals surface area contributed by atoms with Crippen LogP contribution in [-0.2, 0) is 16.0 Å². The van der Waals surface area contributed by atoms with Crippen LogP contribution in [0.4, 0.5) is 0 Å². The van der Waals surface area contributed by atoms with Crippen molar-refractivity contribution in [2.24, 2.45) is 5.92 Å². The van der Waals surface area contributed by atoms with Crippen LogP contribution in [0, 0.1) is 5.92 Å². The van der Waals surface area contributed by atoms with Crippen molar-refractivity contribution in [3.05, 3.63) is 35.9 Å². The fourth-order valence-corrected chi connectivity index (χ4v) is 3.28. The fraction of sp³-hybridized carbons (Fsp3) is 0.600. The SMILES string of the molecule is O=C(CN1CCC(NC(=O)CCc2ccccc2)CC1)NCC1CC1. The van der Waals surface area contributed by atoms with E-state index >= 15 is 0 Å². The second kappa shape index (κ2) is 8.99. The molecule has 5 nitrogen and oxygen atoms in total. The van der Waals surface area contributed by atoms with Gasteiger partial charge in [0, 0.05) is 32.1 Å². The molecule has 136 valence electrons. The second-order valence-electron chi connectivity index (χ2n) is 7.35. The first kappa shape index (κ1) is 17.9. The Morgan fingerprint density at radius 3 is 2.40 bits per heavy atom. The van der Waals surface area contributed by atoms with Gasteiger partial charge < -0.3 is 10.6 Å². The van der Waals surface area contributed by atoms with Crippen molar-refractivity contribution >= 4 is 11.8 Å². The Bertz CT molecular complexity index is 564. The van der Waals surface area contributed by atoms with Crippen molar-refractivity contribution in [2.45, 2.75) is 44.6 Å². The van der Waals surface area contributed by atoms with E-state index in [2.05, 4.69) is 27.7 Å². The maximum absolute atomic E-state index is 12.1. The summed E-state index contributed by atoms with van der Waals surface area (Å²) in [6.07, 6.45) is 5.69. The molecule has 1 aliphatic carbocycles. The summed E-state index contributed by atoms with van der Waals surface area (Å²) in [6.45, 7) is 3.08. The summed E-state index contributed by atoms with van der Waals surface area (Å²) in [5.41, 5.74) is 1.20. The number of carbonyl (C=O) groups excluding carboxylic acids is 2. The van der Waals surface area contributed by atoms with Crippen molar-refractivity contribution in [2.75, 3.05) is 26.2 Å². The van der Waals surface area contributed by atoms with Crippen molar-refractivity contribution in [1.82, 2.24) is 15.5 Å². The summed E-state index contributed by atoms with van der Waals surface area (Å²) in [4.78, 5) is 26.2. The van der Waals surface area contributed by atoms with E-state index in [1.807, 2.05) is 18.2 Å². The molecule has 1 aliphatic heterocycles. The van der Waals surface area contributed by atoms with E-state index in [-0.39, 0.29) is 17.9 Å². The van der Waals surface area contributed by atoms with Crippen molar-refractivity contribution in [1.29, 1.82) is 0 Å². The third kappa shape index (κ3) is 6.50. The predicted octanol–water partition coefficient (Wildman–Crippen LogP) is 1.73. The molecule has 1 saturated carbocycles. The van der Waals surface area contributed by atoms with Crippen LogP contribution in [0.2, 0.25) is 0 Å². The lowest BCUT2D eigenvalue weighted by Crippen LogP contribution is -2.47. The average Bonchev–Trinajstić information content (AvgIpc) is 3.45. The summed E-state index contributed by atoms with van der Waals surface area (Å²) in [6, 6.07) is 10.4. The van der Waals surface area contributed by atoms with Gasteiger partial charge in [-0.05, 0) is 43.6 Å². The van der Waals surface area contributed by atoms with Crippen molar-refractivity contribution < 1.29 is 9.59 Å². The number of aryl methyl sites for hydroxylation is 1. The van der Waals surface area contributed by atoms with E-state index in [0.717, 1.165) is 44.8 Å². The Morgan fingerprint density at radius 2 is 1.72 bits per heavy atom. The molecular weight excluding hydrogens is 314 g/mol. The van der Waals surface area contributed by atoms with Gasteiger partial charge in [0.1, 0.15) is 0 Å². The van der Waals surface area contributed by atoms with Crippen LogP contribution in [0.25, 0.3) is 0 Å². The first-order chi connectivity index (χ1) is 12.2. The normalized spacial score (nSPS) is 18.7. The average molecular weight is 343 g/mol. The predicted molar refractivity (Wildman–Crippen MR) is 98.1 cm³/mol. The maximum atomic E-state index is 12.1. The molecule has 0 atom stereocenters. The molecule has 0 radical (unpaired) electrons. The molecule has 1 aromatic rings. The number of likely N-dealkylation sites (tertiary alicyclic amines) is 1. The number of piperidine rings is 1. The molecule has 5 heteroatoms. The molecule has 25 heavy (non-hydrogen) atoms. The Morgan fingerprint density at radius 1 is 1.00 bits per heavy atom. The van der Waals surface area contributed by atoms with Crippen LogP contribution in [0.3, 0.4) is 0 Å². The number of nitrogens with one attached hydrogen (secondary N) is 2. The number of benzene rings is 1. The Hall–Kier alpha value is -1.88. The number of amides is 2. The van der Waals surface area contributed by atoms with Crippen LogP contribution in [-0.4, -0.2) is 48.9 Å². The number of hydrogen-bond donors (Lipinski definition) is 2. The summed E-state index contributed by atoms with van der Waals surface area (Å²) >= 11 is 0. The number of nitrogens with zero attached hydrogens (tertiary/aromatic N) is 1. The van der Waals surface area contributed by atoms with Crippen LogP contribution < -0.4 is 10.6 Å². The molecule has 3 rings (SSSR count). The second-order valence-corrected chi connectivity index (χ2v) is 7.35. The largest absolute Gasteiger partial charge is 0.355 e. The molecule has 2 fully saturated rings. The van der Waals surface area contributed by atoms with Gasteiger partial charge in [0.25, 0.3) is 0 Å². The molecule has 2 amide bonds. The standard InChI is InChI=1S/C20H29N3O2/c24-19(9-8-16-4-2-1-3-5-16)22-18-10-12-23(13-11-18)15-20(25)21-14-17-6-7-17/h1-5,17-18H,6-15H2,(H,21,25)(H,22,24). The van der Waals surface area contributed by atoms with Gasteiger partial charge in [-0.25, -0.2) is 0 Å². The van der Waals surface area contributed by atoms with Crippen LogP contribution in [0.15, 0.2) is 30.3 Å². The molecule has 1 saturated heterocycles. The highest BCUT2D eigenvalue weighted by molar-refractivity contribution is 5.78. The zero-order valence-electron chi connectivity index (χ0n) is 14.9. The molecule has 1 aromatic carbocycles. The summed E-state index contributed by atoms with van der Waals surface area (Å²) in [5, 5.41) is 6.16. The number of carbonyl (C=O) groups is 2. The first-order valence-corrected chi connectivity index (χ1v) is 9.51. The smallest absolute Gasteiger partial charge is 0.234 e. The Balaban J connectivity index is 1.29. The van der Waals surface area contributed by atoms with Crippen molar-refractivity contribution in [3.63, 3.8) is 0 Å². The number of rotatable bonds is 8. The van der Waals surface area contributed by atoms with Crippen LogP contribution in [0.5, 0.6) is 0 Å². The van der Waals surface area contributed by atoms with E-state index in [0.29, 0.717) is 13.0 Å². The van der Waals surface area contributed by atoms with Crippen LogP contribution >= 0.6 is 0 Å². The minimum Gasteiger partial charge on any atom is -0.355 e. The van der Waals surface area contributed by atoms with E-state index in [1.54, 1.807) is 0 Å².